The quantitative estimate of drug-likeness (QED) is 0.838. The van der Waals surface area contributed by atoms with Crippen molar-refractivity contribution in [2.24, 2.45) is 0 Å². The number of nitrogens with zero attached hydrogens (tertiary/aromatic N) is 1. The SMILES string of the molecule is O=C(c1cccc2ccccc12)N1CC[NH+](C2CCCCCC2)CC1. The van der Waals surface area contributed by atoms with Gasteiger partial charge in [0.1, 0.15) is 0 Å². The molecular weight excluding hydrogens is 308 g/mol. The lowest BCUT2D eigenvalue weighted by Crippen LogP contribution is -3.18. The Balaban J connectivity index is 1.44. The average Bonchev–Trinajstić information content (AvgIpc) is 2.97. The number of carbonyl (C=O) groups excluding carboxylic acids is 1. The fraction of sp³-hybridized carbons (Fsp3) is 0.500. The Labute approximate surface area is 150 Å². The van der Waals surface area contributed by atoms with Crippen molar-refractivity contribution < 1.29 is 9.69 Å². The summed E-state index contributed by atoms with van der Waals surface area (Å²) in [5, 5.41) is 2.23. The number of fused-ring (bicyclic) bond motifs is 1. The molecule has 3 heteroatoms. The van der Waals surface area contributed by atoms with Gasteiger partial charge in [0.05, 0.1) is 32.2 Å². The van der Waals surface area contributed by atoms with Crippen LogP contribution in [0.25, 0.3) is 10.8 Å². The van der Waals surface area contributed by atoms with Gasteiger partial charge in [-0.25, -0.2) is 0 Å². The Morgan fingerprint density at radius 1 is 0.880 bits per heavy atom. The van der Waals surface area contributed by atoms with Crippen molar-refractivity contribution in [2.45, 2.75) is 44.6 Å². The zero-order valence-electron chi connectivity index (χ0n) is 15.0. The fourth-order valence-corrected chi connectivity index (χ4v) is 4.68. The van der Waals surface area contributed by atoms with Gasteiger partial charge in [-0.15, -0.1) is 0 Å². The van der Waals surface area contributed by atoms with Crippen LogP contribution in [0, 0.1) is 0 Å². The number of hydrogen-bond donors (Lipinski definition) is 1. The van der Waals surface area contributed by atoms with Crippen LogP contribution < -0.4 is 4.90 Å². The Morgan fingerprint density at radius 2 is 1.56 bits per heavy atom. The monoisotopic (exact) mass is 337 g/mol. The number of nitrogens with one attached hydrogen (secondary N) is 1. The highest BCUT2D eigenvalue weighted by Crippen LogP contribution is 2.20. The molecule has 0 aromatic heterocycles. The average molecular weight is 337 g/mol. The Bertz CT molecular complexity index is 720. The van der Waals surface area contributed by atoms with Crippen molar-refractivity contribution in [1.29, 1.82) is 0 Å². The maximum absolute atomic E-state index is 13.1. The number of carbonyl (C=O) groups is 1. The molecule has 4 rings (SSSR count). The number of piperazine rings is 1. The molecule has 0 atom stereocenters. The maximum Gasteiger partial charge on any atom is 0.254 e. The molecule has 1 amide bonds. The molecule has 25 heavy (non-hydrogen) atoms. The summed E-state index contributed by atoms with van der Waals surface area (Å²) in [7, 11) is 0. The third kappa shape index (κ3) is 3.57. The van der Waals surface area contributed by atoms with Crippen molar-refractivity contribution in [1.82, 2.24) is 4.90 Å². The first-order valence-corrected chi connectivity index (χ1v) is 9.94. The minimum Gasteiger partial charge on any atom is -0.330 e. The molecular formula is C22H29N2O+. The van der Waals surface area contributed by atoms with Gasteiger partial charge in [0, 0.05) is 5.56 Å². The van der Waals surface area contributed by atoms with E-state index in [2.05, 4.69) is 23.1 Å². The first-order valence-electron chi connectivity index (χ1n) is 9.94. The molecule has 2 aromatic rings. The van der Waals surface area contributed by atoms with Gasteiger partial charge in [-0.2, -0.15) is 0 Å². The highest BCUT2D eigenvalue weighted by Gasteiger charge is 2.30. The molecule has 0 radical (unpaired) electrons. The molecule has 1 N–H and O–H groups in total. The van der Waals surface area contributed by atoms with E-state index in [1.54, 1.807) is 4.90 Å². The molecule has 1 aliphatic carbocycles. The van der Waals surface area contributed by atoms with E-state index in [0.29, 0.717) is 0 Å². The van der Waals surface area contributed by atoms with Gasteiger partial charge < -0.3 is 9.80 Å². The van der Waals surface area contributed by atoms with Gasteiger partial charge >= 0.3 is 0 Å². The molecule has 2 aliphatic rings. The van der Waals surface area contributed by atoms with Crippen molar-refractivity contribution in [2.75, 3.05) is 26.2 Å². The van der Waals surface area contributed by atoms with Crippen molar-refractivity contribution in [3.63, 3.8) is 0 Å². The molecule has 1 saturated carbocycles. The lowest BCUT2D eigenvalue weighted by molar-refractivity contribution is -0.929. The first kappa shape index (κ1) is 16.6. The second-order valence-electron chi connectivity index (χ2n) is 7.67. The van der Waals surface area contributed by atoms with Crippen LogP contribution in [0.15, 0.2) is 42.5 Å². The van der Waals surface area contributed by atoms with Gasteiger partial charge in [-0.05, 0) is 42.5 Å². The second-order valence-corrected chi connectivity index (χ2v) is 7.67. The zero-order chi connectivity index (χ0) is 17.1. The van der Waals surface area contributed by atoms with E-state index in [-0.39, 0.29) is 5.91 Å². The lowest BCUT2D eigenvalue weighted by atomic mass is 10.0. The van der Waals surface area contributed by atoms with Gasteiger partial charge in [0.15, 0.2) is 0 Å². The van der Waals surface area contributed by atoms with Gasteiger partial charge in [-0.3, -0.25) is 4.79 Å². The third-order valence-corrected chi connectivity index (χ3v) is 6.15. The molecule has 1 saturated heterocycles. The number of benzene rings is 2. The highest BCUT2D eigenvalue weighted by atomic mass is 16.2. The van der Waals surface area contributed by atoms with Crippen LogP contribution in [-0.2, 0) is 0 Å². The summed E-state index contributed by atoms with van der Waals surface area (Å²) < 4.78 is 0. The third-order valence-electron chi connectivity index (χ3n) is 6.15. The van der Waals surface area contributed by atoms with Crippen LogP contribution in [0.5, 0.6) is 0 Å². The Kier molecular flexibility index (Phi) is 5.02. The molecule has 2 aromatic carbocycles. The minimum atomic E-state index is 0.205. The molecule has 1 heterocycles. The molecule has 1 aliphatic heterocycles. The van der Waals surface area contributed by atoms with Crippen LogP contribution in [0.3, 0.4) is 0 Å². The molecule has 0 spiro atoms. The van der Waals surface area contributed by atoms with E-state index < -0.39 is 0 Å². The topological polar surface area (TPSA) is 24.8 Å². The van der Waals surface area contributed by atoms with Gasteiger partial charge in [0.2, 0.25) is 0 Å². The summed E-state index contributed by atoms with van der Waals surface area (Å²) in [6, 6.07) is 15.1. The zero-order valence-corrected chi connectivity index (χ0v) is 15.0. The second kappa shape index (κ2) is 7.57. The predicted octanol–water partition coefficient (Wildman–Crippen LogP) is 2.90. The van der Waals surface area contributed by atoms with Crippen LogP contribution in [-0.4, -0.2) is 43.0 Å². The summed E-state index contributed by atoms with van der Waals surface area (Å²) in [6.45, 7) is 4.02. The van der Waals surface area contributed by atoms with E-state index in [4.69, 9.17) is 0 Å². The van der Waals surface area contributed by atoms with Gasteiger partial charge in [-0.1, -0.05) is 49.2 Å². The first-order chi connectivity index (χ1) is 12.3. The fourth-order valence-electron chi connectivity index (χ4n) is 4.68. The summed E-state index contributed by atoms with van der Waals surface area (Å²) in [5.74, 6) is 0.205. The lowest BCUT2D eigenvalue weighted by Gasteiger charge is -2.36. The van der Waals surface area contributed by atoms with Gasteiger partial charge in [0.25, 0.3) is 5.91 Å². The highest BCUT2D eigenvalue weighted by molar-refractivity contribution is 6.07. The number of quaternary nitrogens is 1. The van der Waals surface area contributed by atoms with Crippen LogP contribution in [0.4, 0.5) is 0 Å². The molecule has 0 unspecified atom stereocenters. The summed E-state index contributed by atoms with van der Waals surface area (Å²) in [6.07, 6.45) is 8.38. The van der Waals surface area contributed by atoms with E-state index >= 15 is 0 Å². The molecule has 0 bridgehead atoms. The standard InChI is InChI=1S/C22H28N2O/c25-22(21-13-7-9-18-8-5-6-12-20(18)21)24-16-14-23(15-17-24)19-10-3-1-2-4-11-19/h5-9,12-13,19H,1-4,10-11,14-17H2/p+1. The smallest absolute Gasteiger partial charge is 0.254 e. The van der Waals surface area contributed by atoms with Crippen molar-refractivity contribution in [3.05, 3.63) is 48.0 Å². The molecule has 3 nitrogen and oxygen atoms in total. The van der Waals surface area contributed by atoms with Crippen molar-refractivity contribution in [3.8, 4) is 0 Å². The normalized spacial score (nSPS) is 20.6. The molecule has 2 fully saturated rings. The Morgan fingerprint density at radius 3 is 2.32 bits per heavy atom. The number of rotatable bonds is 2. The summed E-state index contributed by atoms with van der Waals surface area (Å²) in [5.41, 5.74) is 0.857. The molecule has 132 valence electrons. The minimum absolute atomic E-state index is 0.205. The van der Waals surface area contributed by atoms with Crippen LogP contribution >= 0.6 is 0 Å². The summed E-state index contributed by atoms with van der Waals surface area (Å²) in [4.78, 5) is 16.9. The predicted molar refractivity (Wildman–Crippen MR) is 102 cm³/mol. The van der Waals surface area contributed by atoms with Crippen molar-refractivity contribution >= 4 is 16.7 Å². The number of amides is 1. The Hall–Kier alpha value is -1.87. The maximum atomic E-state index is 13.1. The van der Waals surface area contributed by atoms with E-state index in [1.165, 1.54) is 38.5 Å². The van der Waals surface area contributed by atoms with Crippen LogP contribution in [0.1, 0.15) is 48.9 Å². The van der Waals surface area contributed by atoms with E-state index in [9.17, 15) is 4.79 Å². The van der Waals surface area contributed by atoms with Crippen LogP contribution in [0.2, 0.25) is 0 Å². The van der Waals surface area contributed by atoms with E-state index in [1.807, 2.05) is 24.3 Å². The summed E-state index contributed by atoms with van der Waals surface area (Å²) >= 11 is 0. The number of hydrogen-bond acceptors (Lipinski definition) is 1. The largest absolute Gasteiger partial charge is 0.330 e. The van der Waals surface area contributed by atoms with E-state index in [0.717, 1.165) is 48.6 Å².